The SMILES string of the molecule is COc1ccc(CN(CC(=O)NNC(=O)C[C@H]2CCS(=O)(=O)C2)C2CC2)cc1. The van der Waals surface area contributed by atoms with E-state index >= 15 is 0 Å². The van der Waals surface area contributed by atoms with Gasteiger partial charge in [0.1, 0.15) is 5.75 Å². The zero-order chi connectivity index (χ0) is 20.1. The van der Waals surface area contributed by atoms with Crippen LogP contribution in [0.1, 0.15) is 31.2 Å². The van der Waals surface area contributed by atoms with Crippen LogP contribution in [0, 0.1) is 5.92 Å². The first-order chi connectivity index (χ1) is 13.3. The smallest absolute Gasteiger partial charge is 0.252 e. The molecule has 2 fully saturated rings. The van der Waals surface area contributed by atoms with Crippen molar-refractivity contribution in [2.75, 3.05) is 25.2 Å². The number of benzene rings is 1. The van der Waals surface area contributed by atoms with Gasteiger partial charge in [0.25, 0.3) is 5.91 Å². The van der Waals surface area contributed by atoms with Gasteiger partial charge in [0.2, 0.25) is 5.91 Å². The van der Waals surface area contributed by atoms with Crippen LogP contribution in [0.5, 0.6) is 5.75 Å². The average molecular weight is 410 g/mol. The molecule has 8 nitrogen and oxygen atoms in total. The van der Waals surface area contributed by atoms with Crippen LogP contribution in [0.4, 0.5) is 0 Å². The lowest BCUT2D eigenvalue weighted by Gasteiger charge is -2.21. The normalized spacial score (nSPS) is 20.7. The number of hydrogen-bond donors (Lipinski definition) is 2. The van der Waals surface area contributed by atoms with Gasteiger partial charge in [0, 0.05) is 19.0 Å². The Labute approximate surface area is 165 Å². The van der Waals surface area contributed by atoms with Gasteiger partial charge in [-0.2, -0.15) is 0 Å². The van der Waals surface area contributed by atoms with Crippen molar-refractivity contribution in [1.29, 1.82) is 0 Å². The Bertz CT molecular complexity index is 805. The number of ether oxygens (including phenoxy) is 1. The fraction of sp³-hybridized carbons (Fsp3) is 0.579. The number of methoxy groups -OCH3 is 1. The van der Waals surface area contributed by atoms with Crippen molar-refractivity contribution in [3.05, 3.63) is 29.8 Å². The van der Waals surface area contributed by atoms with Crippen molar-refractivity contribution in [1.82, 2.24) is 15.8 Å². The van der Waals surface area contributed by atoms with Gasteiger partial charge >= 0.3 is 0 Å². The Morgan fingerprint density at radius 3 is 2.36 bits per heavy atom. The molecule has 2 amide bonds. The third kappa shape index (κ3) is 6.20. The Balaban J connectivity index is 1.43. The van der Waals surface area contributed by atoms with Crippen molar-refractivity contribution in [3.63, 3.8) is 0 Å². The minimum Gasteiger partial charge on any atom is -0.497 e. The van der Waals surface area contributed by atoms with Crippen LogP contribution in [-0.4, -0.2) is 56.3 Å². The lowest BCUT2D eigenvalue weighted by Crippen LogP contribution is -2.47. The summed E-state index contributed by atoms with van der Waals surface area (Å²) in [5.41, 5.74) is 5.94. The molecule has 0 spiro atoms. The molecular weight excluding hydrogens is 382 g/mol. The molecule has 1 heterocycles. The van der Waals surface area contributed by atoms with Crippen LogP contribution in [0.2, 0.25) is 0 Å². The zero-order valence-electron chi connectivity index (χ0n) is 16.0. The number of hydrogen-bond acceptors (Lipinski definition) is 6. The Morgan fingerprint density at radius 2 is 1.79 bits per heavy atom. The first-order valence-corrected chi connectivity index (χ1v) is 11.3. The summed E-state index contributed by atoms with van der Waals surface area (Å²) in [4.78, 5) is 26.3. The molecule has 154 valence electrons. The molecule has 1 atom stereocenters. The Morgan fingerprint density at radius 1 is 1.11 bits per heavy atom. The first-order valence-electron chi connectivity index (χ1n) is 9.50. The zero-order valence-corrected chi connectivity index (χ0v) is 16.8. The number of rotatable bonds is 8. The van der Waals surface area contributed by atoms with Gasteiger partial charge < -0.3 is 4.74 Å². The summed E-state index contributed by atoms with van der Waals surface area (Å²) in [6.07, 6.45) is 2.73. The molecular formula is C19H27N3O5S. The van der Waals surface area contributed by atoms with Crippen LogP contribution in [0.3, 0.4) is 0 Å². The summed E-state index contributed by atoms with van der Waals surface area (Å²) in [7, 11) is -1.39. The topological polar surface area (TPSA) is 105 Å². The number of nitrogens with one attached hydrogen (secondary N) is 2. The van der Waals surface area contributed by atoms with Gasteiger partial charge in [0.05, 0.1) is 25.2 Å². The number of carbonyl (C=O) groups is 2. The minimum absolute atomic E-state index is 0.0473. The predicted molar refractivity (Wildman–Crippen MR) is 104 cm³/mol. The van der Waals surface area contributed by atoms with Gasteiger partial charge in [-0.15, -0.1) is 0 Å². The van der Waals surface area contributed by atoms with Crippen molar-refractivity contribution in [3.8, 4) is 5.75 Å². The maximum absolute atomic E-state index is 12.2. The highest BCUT2D eigenvalue weighted by molar-refractivity contribution is 7.91. The number of hydrazine groups is 1. The molecule has 0 radical (unpaired) electrons. The van der Waals surface area contributed by atoms with E-state index in [9.17, 15) is 18.0 Å². The molecule has 0 bridgehead atoms. The van der Waals surface area contributed by atoms with Crippen molar-refractivity contribution >= 4 is 21.7 Å². The van der Waals surface area contributed by atoms with E-state index in [0.29, 0.717) is 19.0 Å². The Kier molecular flexibility index (Phi) is 6.56. The minimum atomic E-state index is -3.01. The van der Waals surface area contributed by atoms with E-state index in [4.69, 9.17) is 4.74 Å². The molecule has 0 aromatic heterocycles. The molecule has 2 N–H and O–H groups in total. The second kappa shape index (κ2) is 8.91. The summed E-state index contributed by atoms with van der Waals surface area (Å²) in [5, 5.41) is 0. The largest absolute Gasteiger partial charge is 0.497 e. The van der Waals surface area contributed by atoms with E-state index in [1.165, 1.54) is 0 Å². The van der Waals surface area contributed by atoms with Gasteiger partial charge in [-0.05, 0) is 42.9 Å². The number of carbonyl (C=O) groups excluding carboxylic acids is 2. The van der Waals surface area contributed by atoms with E-state index in [1.54, 1.807) is 7.11 Å². The van der Waals surface area contributed by atoms with Gasteiger partial charge in [-0.1, -0.05) is 12.1 Å². The summed E-state index contributed by atoms with van der Waals surface area (Å²) in [6, 6.07) is 8.12. The molecule has 28 heavy (non-hydrogen) atoms. The second-order valence-corrected chi connectivity index (χ2v) is 9.78. The molecule has 1 saturated carbocycles. The maximum Gasteiger partial charge on any atom is 0.252 e. The molecule has 1 aromatic carbocycles. The molecule has 2 aliphatic rings. The number of nitrogens with zero attached hydrogens (tertiary/aromatic N) is 1. The summed E-state index contributed by atoms with van der Waals surface area (Å²) in [6.45, 7) is 0.838. The molecule has 1 aliphatic heterocycles. The second-order valence-electron chi connectivity index (χ2n) is 7.55. The van der Waals surface area contributed by atoms with Gasteiger partial charge in [0.15, 0.2) is 9.84 Å². The Hall–Kier alpha value is -2.13. The maximum atomic E-state index is 12.2. The lowest BCUT2D eigenvalue weighted by molar-refractivity contribution is -0.130. The first kappa shape index (κ1) is 20.6. The van der Waals surface area contributed by atoms with Crippen LogP contribution in [-0.2, 0) is 26.0 Å². The van der Waals surface area contributed by atoms with Crippen LogP contribution >= 0.6 is 0 Å². The van der Waals surface area contributed by atoms with E-state index in [1.807, 2.05) is 24.3 Å². The van der Waals surface area contributed by atoms with Crippen molar-refractivity contribution < 1.29 is 22.7 Å². The fourth-order valence-electron chi connectivity index (χ4n) is 3.43. The highest BCUT2D eigenvalue weighted by Gasteiger charge is 2.31. The van der Waals surface area contributed by atoms with Crippen LogP contribution in [0.15, 0.2) is 24.3 Å². The van der Waals surface area contributed by atoms with E-state index < -0.39 is 9.84 Å². The third-order valence-electron chi connectivity index (χ3n) is 5.10. The molecule has 1 aliphatic carbocycles. The van der Waals surface area contributed by atoms with Crippen molar-refractivity contribution in [2.24, 2.45) is 5.92 Å². The van der Waals surface area contributed by atoms with Crippen LogP contribution in [0.25, 0.3) is 0 Å². The molecule has 0 unspecified atom stereocenters. The van der Waals surface area contributed by atoms with Gasteiger partial charge in [-0.25, -0.2) is 8.42 Å². The molecule has 1 aromatic rings. The van der Waals surface area contributed by atoms with Crippen LogP contribution < -0.4 is 15.6 Å². The average Bonchev–Trinajstić information content (AvgIpc) is 3.44. The number of sulfone groups is 1. The van der Waals surface area contributed by atoms with E-state index in [-0.39, 0.29) is 42.2 Å². The highest BCUT2D eigenvalue weighted by Crippen LogP contribution is 2.28. The monoisotopic (exact) mass is 409 g/mol. The van der Waals surface area contributed by atoms with E-state index in [2.05, 4.69) is 15.8 Å². The fourth-order valence-corrected chi connectivity index (χ4v) is 5.29. The molecule has 3 rings (SSSR count). The van der Waals surface area contributed by atoms with Gasteiger partial charge in [-0.3, -0.25) is 25.3 Å². The van der Waals surface area contributed by atoms with Crippen molar-refractivity contribution in [2.45, 2.75) is 38.3 Å². The number of amides is 2. The molecule has 1 saturated heterocycles. The highest BCUT2D eigenvalue weighted by atomic mass is 32.2. The quantitative estimate of drug-likeness (QED) is 0.611. The predicted octanol–water partition coefficient (Wildman–Crippen LogP) is 0.632. The van der Waals surface area contributed by atoms with E-state index in [0.717, 1.165) is 24.2 Å². The third-order valence-corrected chi connectivity index (χ3v) is 6.93. The standard InChI is InChI=1S/C19H27N3O5S/c1-27-17-6-2-14(3-7-17)11-22(16-4-5-16)12-19(24)21-20-18(23)10-15-8-9-28(25,26)13-15/h2-3,6-7,15-16H,4-5,8-13H2,1H3,(H,20,23)(H,21,24)/t15-/m1/s1. The summed E-state index contributed by atoms with van der Waals surface area (Å²) < 4.78 is 28.1. The lowest BCUT2D eigenvalue weighted by atomic mass is 10.1. The summed E-state index contributed by atoms with van der Waals surface area (Å²) >= 11 is 0. The molecule has 9 heteroatoms. The summed E-state index contributed by atoms with van der Waals surface area (Å²) in [5.74, 6) is 0.165.